The molecular weight excluding hydrogens is 288 g/mol. The van der Waals surface area contributed by atoms with Crippen LogP contribution in [0.5, 0.6) is 0 Å². The SMILES string of the molecule is C=CC1(C)CCC2C(O)(C1)C(O)CC1C(C)(C)CCC(O)C12C. The van der Waals surface area contributed by atoms with Crippen LogP contribution in [-0.4, -0.2) is 33.1 Å². The summed E-state index contributed by atoms with van der Waals surface area (Å²) in [6, 6.07) is 0. The maximum absolute atomic E-state index is 11.5. The topological polar surface area (TPSA) is 60.7 Å². The highest BCUT2D eigenvalue weighted by atomic mass is 16.3. The van der Waals surface area contributed by atoms with E-state index in [1.165, 1.54) is 0 Å². The number of rotatable bonds is 1. The summed E-state index contributed by atoms with van der Waals surface area (Å²) in [6.45, 7) is 12.8. The van der Waals surface area contributed by atoms with Crippen molar-refractivity contribution in [3.05, 3.63) is 12.7 Å². The molecule has 3 N–H and O–H groups in total. The fourth-order valence-corrected chi connectivity index (χ4v) is 6.50. The molecule has 3 saturated carbocycles. The Bertz CT molecular complexity index is 501. The predicted octanol–water partition coefficient (Wildman–Crippen LogP) is 3.28. The highest BCUT2D eigenvalue weighted by Crippen LogP contribution is 2.66. The monoisotopic (exact) mass is 322 g/mol. The molecule has 7 unspecified atom stereocenters. The molecule has 0 bridgehead atoms. The van der Waals surface area contributed by atoms with Gasteiger partial charge in [-0.2, -0.15) is 0 Å². The average molecular weight is 322 g/mol. The summed E-state index contributed by atoms with van der Waals surface area (Å²) < 4.78 is 0. The lowest BCUT2D eigenvalue weighted by atomic mass is 9.40. The molecule has 0 aliphatic heterocycles. The molecule has 132 valence electrons. The van der Waals surface area contributed by atoms with Crippen molar-refractivity contribution in [3.8, 4) is 0 Å². The largest absolute Gasteiger partial charge is 0.393 e. The van der Waals surface area contributed by atoms with Gasteiger partial charge in [0, 0.05) is 5.41 Å². The zero-order valence-electron chi connectivity index (χ0n) is 15.2. The molecule has 3 aliphatic rings. The normalized spacial score (nSPS) is 55.6. The molecule has 3 heteroatoms. The molecule has 7 atom stereocenters. The molecule has 3 rings (SSSR count). The molecule has 0 amide bonds. The Morgan fingerprint density at radius 3 is 2.22 bits per heavy atom. The van der Waals surface area contributed by atoms with Crippen LogP contribution in [-0.2, 0) is 0 Å². The number of hydrogen-bond acceptors (Lipinski definition) is 3. The van der Waals surface area contributed by atoms with Crippen LogP contribution in [0.1, 0.15) is 66.2 Å². The van der Waals surface area contributed by atoms with Gasteiger partial charge in [0.25, 0.3) is 0 Å². The van der Waals surface area contributed by atoms with E-state index in [1.54, 1.807) is 0 Å². The van der Waals surface area contributed by atoms with Gasteiger partial charge in [-0.1, -0.05) is 33.8 Å². The van der Waals surface area contributed by atoms with Crippen molar-refractivity contribution in [1.29, 1.82) is 0 Å². The van der Waals surface area contributed by atoms with E-state index in [2.05, 4.69) is 34.3 Å². The molecule has 3 aliphatic carbocycles. The number of fused-ring (bicyclic) bond motifs is 3. The first-order chi connectivity index (χ1) is 10.5. The van der Waals surface area contributed by atoms with Crippen molar-refractivity contribution in [1.82, 2.24) is 0 Å². The van der Waals surface area contributed by atoms with Gasteiger partial charge in [0.1, 0.15) is 0 Å². The van der Waals surface area contributed by atoms with Gasteiger partial charge in [0.05, 0.1) is 17.8 Å². The first kappa shape index (κ1) is 17.4. The molecular formula is C20H34O3. The average Bonchev–Trinajstić information content (AvgIpc) is 2.47. The standard InChI is InChI=1S/C20H34O3/c1-6-18(4)10-7-13-19(5)14(11-16(22)20(13,23)12-18)17(2,3)9-8-15(19)21/h6,13-16,21-23H,1,7-12H2,2-5H3. The smallest absolute Gasteiger partial charge is 0.0947 e. The summed E-state index contributed by atoms with van der Waals surface area (Å²) >= 11 is 0. The van der Waals surface area contributed by atoms with Crippen LogP contribution in [0.3, 0.4) is 0 Å². The third kappa shape index (κ3) is 2.26. The van der Waals surface area contributed by atoms with E-state index in [0.29, 0.717) is 12.8 Å². The van der Waals surface area contributed by atoms with Crippen LogP contribution >= 0.6 is 0 Å². The van der Waals surface area contributed by atoms with Crippen molar-refractivity contribution < 1.29 is 15.3 Å². The third-order valence-corrected chi connectivity index (χ3v) is 8.05. The Hall–Kier alpha value is -0.380. The predicted molar refractivity (Wildman–Crippen MR) is 91.8 cm³/mol. The van der Waals surface area contributed by atoms with Gasteiger partial charge in [0.15, 0.2) is 0 Å². The second-order valence-electron chi connectivity index (χ2n) is 9.83. The van der Waals surface area contributed by atoms with Crippen LogP contribution in [0.2, 0.25) is 0 Å². The van der Waals surface area contributed by atoms with Crippen molar-refractivity contribution in [3.63, 3.8) is 0 Å². The number of allylic oxidation sites excluding steroid dienone is 1. The van der Waals surface area contributed by atoms with Crippen molar-refractivity contribution in [2.24, 2.45) is 28.1 Å². The Balaban J connectivity index is 2.05. The molecule has 0 saturated heterocycles. The Morgan fingerprint density at radius 2 is 1.61 bits per heavy atom. The number of aliphatic hydroxyl groups is 3. The maximum atomic E-state index is 11.5. The first-order valence-corrected chi connectivity index (χ1v) is 9.22. The Labute approximate surface area is 140 Å². The zero-order valence-corrected chi connectivity index (χ0v) is 15.2. The van der Waals surface area contributed by atoms with Crippen LogP contribution in [0, 0.1) is 28.1 Å². The van der Waals surface area contributed by atoms with E-state index in [-0.39, 0.29) is 28.1 Å². The van der Waals surface area contributed by atoms with Crippen molar-refractivity contribution in [2.75, 3.05) is 0 Å². The summed E-state index contributed by atoms with van der Waals surface area (Å²) in [7, 11) is 0. The van der Waals surface area contributed by atoms with Gasteiger partial charge in [0.2, 0.25) is 0 Å². The quantitative estimate of drug-likeness (QED) is 0.649. The van der Waals surface area contributed by atoms with Crippen LogP contribution < -0.4 is 0 Å². The zero-order chi connectivity index (χ0) is 17.3. The molecule has 0 heterocycles. The van der Waals surface area contributed by atoms with Gasteiger partial charge < -0.3 is 15.3 Å². The highest BCUT2D eigenvalue weighted by molar-refractivity contribution is 5.18. The summed E-state index contributed by atoms with van der Waals surface area (Å²) in [5, 5.41) is 33.3. The molecule has 0 aromatic rings. The second kappa shape index (κ2) is 5.06. The van der Waals surface area contributed by atoms with Crippen LogP contribution in [0.4, 0.5) is 0 Å². The van der Waals surface area contributed by atoms with E-state index in [4.69, 9.17) is 0 Å². The Kier molecular flexibility index (Phi) is 3.84. The van der Waals surface area contributed by atoms with Gasteiger partial charge >= 0.3 is 0 Å². The van der Waals surface area contributed by atoms with Crippen LogP contribution in [0.25, 0.3) is 0 Å². The van der Waals surface area contributed by atoms with Gasteiger partial charge in [-0.25, -0.2) is 0 Å². The van der Waals surface area contributed by atoms with Crippen molar-refractivity contribution in [2.45, 2.75) is 84.0 Å². The minimum Gasteiger partial charge on any atom is -0.393 e. The molecule has 0 aromatic heterocycles. The lowest BCUT2D eigenvalue weighted by Crippen LogP contribution is -2.70. The fourth-order valence-electron chi connectivity index (χ4n) is 6.50. The first-order valence-electron chi connectivity index (χ1n) is 9.22. The molecule has 0 radical (unpaired) electrons. The molecule has 23 heavy (non-hydrogen) atoms. The van der Waals surface area contributed by atoms with E-state index in [9.17, 15) is 15.3 Å². The lowest BCUT2D eigenvalue weighted by Gasteiger charge is -2.67. The van der Waals surface area contributed by atoms with Gasteiger partial charge in [-0.05, 0) is 61.2 Å². The number of hydrogen-bond donors (Lipinski definition) is 3. The second-order valence-corrected chi connectivity index (χ2v) is 9.83. The summed E-state index contributed by atoms with van der Waals surface area (Å²) in [6.07, 6.45) is 5.54. The van der Waals surface area contributed by atoms with E-state index in [0.717, 1.165) is 25.7 Å². The minimum absolute atomic E-state index is 0.0497. The lowest BCUT2D eigenvalue weighted by molar-refractivity contribution is -0.274. The Morgan fingerprint density at radius 1 is 0.957 bits per heavy atom. The minimum atomic E-state index is -1.11. The maximum Gasteiger partial charge on any atom is 0.0947 e. The highest BCUT2D eigenvalue weighted by Gasteiger charge is 2.67. The van der Waals surface area contributed by atoms with Gasteiger partial charge in [-0.15, -0.1) is 6.58 Å². The van der Waals surface area contributed by atoms with E-state index in [1.807, 2.05) is 6.08 Å². The third-order valence-electron chi connectivity index (χ3n) is 8.05. The van der Waals surface area contributed by atoms with Crippen LogP contribution in [0.15, 0.2) is 12.7 Å². The van der Waals surface area contributed by atoms with E-state index >= 15 is 0 Å². The molecule has 3 fully saturated rings. The summed E-state index contributed by atoms with van der Waals surface area (Å²) in [5.41, 5.74) is -1.47. The van der Waals surface area contributed by atoms with Gasteiger partial charge in [-0.3, -0.25) is 0 Å². The summed E-state index contributed by atoms with van der Waals surface area (Å²) in [5.74, 6) is 0.193. The fraction of sp³-hybridized carbons (Fsp3) is 0.900. The summed E-state index contributed by atoms with van der Waals surface area (Å²) in [4.78, 5) is 0. The molecule has 3 nitrogen and oxygen atoms in total. The van der Waals surface area contributed by atoms with Crippen molar-refractivity contribution >= 4 is 0 Å². The number of aliphatic hydroxyl groups excluding tert-OH is 2. The molecule has 0 aromatic carbocycles. The van der Waals surface area contributed by atoms with E-state index < -0.39 is 17.8 Å². The molecule has 0 spiro atoms.